The summed E-state index contributed by atoms with van der Waals surface area (Å²) in [7, 11) is 0. The lowest BCUT2D eigenvalue weighted by Crippen LogP contribution is -2.46. The van der Waals surface area contributed by atoms with E-state index in [1.54, 1.807) is 0 Å². The standard InChI is InChI=1S/C18H29N5/c19-18(21-17-7-8-17)20-9-4-10-22-11-13-23(14-12-22)15-16-5-2-1-3-6-16/h1-3,5-6,17H,4,7-15H2,(H3,19,20,21). The number of nitrogens with one attached hydrogen (secondary N) is 1. The molecule has 1 aliphatic heterocycles. The van der Waals surface area contributed by atoms with Gasteiger partial charge >= 0.3 is 0 Å². The third kappa shape index (κ3) is 5.84. The van der Waals surface area contributed by atoms with E-state index in [1.807, 2.05) is 0 Å². The number of guanidine groups is 1. The Labute approximate surface area is 139 Å². The van der Waals surface area contributed by atoms with Gasteiger partial charge in [0.25, 0.3) is 0 Å². The number of piperazine rings is 1. The Hall–Kier alpha value is -1.59. The van der Waals surface area contributed by atoms with Crippen LogP contribution in [-0.2, 0) is 6.54 Å². The van der Waals surface area contributed by atoms with Crippen molar-refractivity contribution in [2.75, 3.05) is 39.3 Å². The van der Waals surface area contributed by atoms with Gasteiger partial charge < -0.3 is 16.0 Å². The molecule has 3 N–H and O–H groups in total. The molecule has 2 aliphatic rings. The topological polar surface area (TPSA) is 56.9 Å². The maximum absolute atomic E-state index is 5.84. The molecule has 1 saturated carbocycles. The minimum Gasteiger partial charge on any atom is -0.370 e. The summed E-state index contributed by atoms with van der Waals surface area (Å²) in [6.07, 6.45) is 3.57. The number of nitrogens with two attached hydrogens (primary N) is 1. The van der Waals surface area contributed by atoms with Crippen LogP contribution in [0.5, 0.6) is 0 Å². The van der Waals surface area contributed by atoms with E-state index in [1.165, 1.54) is 18.4 Å². The zero-order chi connectivity index (χ0) is 15.9. The SMILES string of the molecule is NC(=NCCCN1CCN(Cc2ccccc2)CC1)NC1CC1. The maximum Gasteiger partial charge on any atom is 0.188 e. The Morgan fingerprint density at radius 1 is 1.09 bits per heavy atom. The van der Waals surface area contributed by atoms with Gasteiger partial charge in [0.1, 0.15) is 0 Å². The summed E-state index contributed by atoms with van der Waals surface area (Å²) in [5.74, 6) is 0.625. The monoisotopic (exact) mass is 315 g/mol. The number of rotatable bonds is 7. The van der Waals surface area contributed by atoms with E-state index in [4.69, 9.17) is 5.73 Å². The minimum atomic E-state index is 0.594. The molecule has 1 aromatic carbocycles. The van der Waals surface area contributed by atoms with E-state index >= 15 is 0 Å². The smallest absolute Gasteiger partial charge is 0.188 e. The Morgan fingerprint density at radius 2 is 1.78 bits per heavy atom. The van der Waals surface area contributed by atoms with Crippen LogP contribution in [0.1, 0.15) is 24.8 Å². The molecule has 0 radical (unpaired) electrons. The number of benzene rings is 1. The van der Waals surface area contributed by atoms with Gasteiger partial charge in [-0.3, -0.25) is 9.89 Å². The largest absolute Gasteiger partial charge is 0.370 e. The van der Waals surface area contributed by atoms with Crippen molar-refractivity contribution >= 4 is 5.96 Å². The van der Waals surface area contributed by atoms with Crippen LogP contribution in [-0.4, -0.2) is 61.1 Å². The molecular formula is C18H29N5. The second kappa shape index (κ2) is 8.31. The van der Waals surface area contributed by atoms with Crippen molar-refractivity contribution < 1.29 is 0 Å². The fraction of sp³-hybridized carbons (Fsp3) is 0.611. The molecule has 1 saturated heterocycles. The first kappa shape index (κ1) is 16.3. The molecular weight excluding hydrogens is 286 g/mol. The molecule has 0 bridgehead atoms. The zero-order valence-electron chi connectivity index (χ0n) is 14.0. The van der Waals surface area contributed by atoms with Crippen LogP contribution in [0, 0.1) is 0 Å². The molecule has 23 heavy (non-hydrogen) atoms. The highest BCUT2D eigenvalue weighted by Gasteiger charge is 2.21. The minimum absolute atomic E-state index is 0.594. The molecule has 1 heterocycles. The van der Waals surface area contributed by atoms with Crippen molar-refractivity contribution in [2.45, 2.75) is 31.8 Å². The molecule has 0 unspecified atom stereocenters. The van der Waals surface area contributed by atoms with E-state index in [0.29, 0.717) is 12.0 Å². The molecule has 0 aromatic heterocycles. The molecule has 0 spiro atoms. The number of hydrogen-bond donors (Lipinski definition) is 2. The Balaban J connectivity index is 1.28. The Bertz CT molecular complexity index is 489. The third-order valence-electron chi connectivity index (χ3n) is 4.56. The predicted molar refractivity (Wildman–Crippen MR) is 95.4 cm³/mol. The zero-order valence-corrected chi connectivity index (χ0v) is 14.0. The highest BCUT2D eigenvalue weighted by atomic mass is 15.3. The van der Waals surface area contributed by atoms with Gasteiger partial charge in [0.2, 0.25) is 0 Å². The average Bonchev–Trinajstić information content (AvgIpc) is 3.38. The van der Waals surface area contributed by atoms with Crippen LogP contribution >= 0.6 is 0 Å². The first-order valence-corrected chi connectivity index (χ1v) is 8.85. The molecule has 2 fully saturated rings. The Morgan fingerprint density at radius 3 is 2.48 bits per heavy atom. The van der Waals surface area contributed by atoms with Gasteiger partial charge in [-0.05, 0) is 24.8 Å². The van der Waals surface area contributed by atoms with E-state index in [2.05, 4.69) is 50.4 Å². The fourth-order valence-electron chi connectivity index (χ4n) is 2.99. The van der Waals surface area contributed by atoms with Crippen LogP contribution in [0.4, 0.5) is 0 Å². The summed E-state index contributed by atoms with van der Waals surface area (Å²) >= 11 is 0. The molecule has 1 aromatic rings. The van der Waals surface area contributed by atoms with Gasteiger partial charge in [0.05, 0.1) is 0 Å². The third-order valence-corrected chi connectivity index (χ3v) is 4.56. The predicted octanol–water partition coefficient (Wildman–Crippen LogP) is 1.26. The molecule has 1 aliphatic carbocycles. The lowest BCUT2D eigenvalue weighted by atomic mass is 10.2. The first-order valence-electron chi connectivity index (χ1n) is 8.85. The van der Waals surface area contributed by atoms with Crippen molar-refractivity contribution in [2.24, 2.45) is 10.7 Å². The van der Waals surface area contributed by atoms with E-state index < -0.39 is 0 Å². The lowest BCUT2D eigenvalue weighted by molar-refractivity contribution is 0.127. The van der Waals surface area contributed by atoms with E-state index in [0.717, 1.165) is 52.2 Å². The second-order valence-electron chi connectivity index (χ2n) is 6.64. The quantitative estimate of drug-likeness (QED) is 0.452. The van der Waals surface area contributed by atoms with Crippen LogP contribution in [0.25, 0.3) is 0 Å². The molecule has 0 amide bonds. The van der Waals surface area contributed by atoms with Gasteiger partial charge in [-0.15, -0.1) is 0 Å². The van der Waals surface area contributed by atoms with Crippen LogP contribution < -0.4 is 11.1 Å². The molecule has 0 atom stereocenters. The fourth-order valence-corrected chi connectivity index (χ4v) is 2.99. The maximum atomic E-state index is 5.84. The van der Waals surface area contributed by atoms with Crippen molar-refractivity contribution in [1.82, 2.24) is 15.1 Å². The average molecular weight is 315 g/mol. The molecule has 5 nitrogen and oxygen atoms in total. The van der Waals surface area contributed by atoms with Gasteiger partial charge in [-0.25, -0.2) is 0 Å². The van der Waals surface area contributed by atoms with E-state index in [-0.39, 0.29) is 0 Å². The van der Waals surface area contributed by atoms with Crippen molar-refractivity contribution in [1.29, 1.82) is 0 Å². The molecule has 5 heteroatoms. The van der Waals surface area contributed by atoms with Crippen molar-refractivity contribution in [3.63, 3.8) is 0 Å². The van der Waals surface area contributed by atoms with Crippen LogP contribution in [0.3, 0.4) is 0 Å². The number of hydrogen-bond acceptors (Lipinski definition) is 3. The van der Waals surface area contributed by atoms with E-state index in [9.17, 15) is 0 Å². The summed E-state index contributed by atoms with van der Waals surface area (Å²) in [6.45, 7) is 7.66. The van der Waals surface area contributed by atoms with Crippen molar-refractivity contribution in [3.8, 4) is 0 Å². The van der Waals surface area contributed by atoms with Gasteiger partial charge in [-0.1, -0.05) is 30.3 Å². The summed E-state index contributed by atoms with van der Waals surface area (Å²) < 4.78 is 0. The first-order chi connectivity index (χ1) is 11.3. The summed E-state index contributed by atoms with van der Waals surface area (Å²) in [4.78, 5) is 9.49. The van der Waals surface area contributed by atoms with Crippen LogP contribution in [0.2, 0.25) is 0 Å². The number of nitrogens with zero attached hydrogens (tertiary/aromatic N) is 3. The Kier molecular flexibility index (Phi) is 5.88. The highest BCUT2D eigenvalue weighted by molar-refractivity contribution is 5.78. The number of aliphatic imine (C=N–C) groups is 1. The van der Waals surface area contributed by atoms with Gasteiger partial charge in [-0.2, -0.15) is 0 Å². The van der Waals surface area contributed by atoms with Gasteiger partial charge in [0.15, 0.2) is 5.96 Å². The second-order valence-corrected chi connectivity index (χ2v) is 6.64. The summed E-state index contributed by atoms with van der Waals surface area (Å²) in [5.41, 5.74) is 7.26. The normalized spacial score (nSPS) is 20.6. The summed E-state index contributed by atoms with van der Waals surface area (Å²) in [6, 6.07) is 11.3. The van der Waals surface area contributed by atoms with Crippen LogP contribution in [0.15, 0.2) is 35.3 Å². The summed E-state index contributed by atoms with van der Waals surface area (Å²) in [5, 5.41) is 3.23. The lowest BCUT2D eigenvalue weighted by Gasteiger charge is -2.34. The molecule has 126 valence electrons. The van der Waals surface area contributed by atoms with Gasteiger partial charge in [0, 0.05) is 51.9 Å². The highest BCUT2D eigenvalue weighted by Crippen LogP contribution is 2.18. The van der Waals surface area contributed by atoms with Crippen molar-refractivity contribution in [3.05, 3.63) is 35.9 Å². The molecule has 3 rings (SSSR count).